The fraction of sp³-hybridized carbons (Fsp3) is 1.00. The fourth-order valence-corrected chi connectivity index (χ4v) is 2.93. The Kier molecular flexibility index (Phi) is 3.62. The van der Waals surface area contributed by atoms with Crippen LogP contribution in [0.15, 0.2) is 0 Å². The molecule has 0 amide bonds. The van der Waals surface area contributed by atoms with Crippen molar-refractivity contribution in [1.82, 2.24) is 5.32 Å². The van der Waals surface area contributed by atoms with E-state index in [-0.39, 0.29) is 11.8 Å². The first kappa shape index (κ1) is 11.3. The van der Waals surface area contributed by atoms with E-state index in [1.165, 1.54) is 0 Å². The molecule has 0 spiro atoms. The Morgan fingerprint density at radius 3 is 2.53 bits per heavy atom. The molecule has 88 valence electrons. The molecule has 2 aliphatic heterocycles. The smallest absolute Gasteiger partial charge is 0.115 e. The summed E-state index contributed by atoms with van der Waals surface area (Å²) < 4.78 is 20.1. The molecule has 0 radical (unpaired) electrons. The SMILES string of the molecule is CC(F)(C1CCOCC1)C1CCCNC1. The molecule has 2 nitrogen and oxygen atoms in total. The third-order valence-corrected chi connectivity index (χ3v) is 4.11. The van der Waals surface area contributed by atoms with E-state index in [4.69, 9.17) is 4.74 Å². The molecule has 2 saturated heterocycles. The summed E-state index contributed by atoms with van der Waals surface area (Å²) in [4.78, 5) is 0. The average molecular weight is 215 g/mol. The highest BCUT2D eigenvalue weighted by molar-refractivity contribution is 4.92. The van der Waals surface area contributed by atoms with Crippen molar-refractivity contribution < 1.29 is 9.13 Å². The third-order valence-electron chi connectivity index (χ3n) is 4.11. The molecule has 3 heteroatoms. The Hall–Kier alpha value is -0.150. The summed E-state index contributed by atoms with van der Waals surface area (Å²) in [6, 6.07) is 0. The number of ether oxygens (including phenoxy) is 1. The number of hydrogen-bond acceptors (Lipinski definition) is 2. The van der Waals surface area contributed by atoms with Crippen LogP contribution in [-0.4, -0.2) is 32.0 Å². The normalized spacial score (nSPS) is 33.6. The minimum absolute atomic E-state index is 0.203. The molecule has 2 unspecified atom stereocenters. The van der Waals surface area contributed by atoms with Gasteiger partial charge in [0.05, 0.1) is 0 Å². The largest absolute Gasteiger partial charge is 0.381 e. The highest BCUT2D eigenvalue weighted by Gasteiger charge is 2.42. The Morgan fingerprint density at radius 2 is 1.93 bits per heavy atom. The van der Waals surface area contributed by atoms with Crippen LogP contribution in [0, 0.1) is 11.8 Å². The third kappa shape index (κ3) is 2.51. The van der Waals surface area contributed by atoms with Crippen LogP contribution in [0.2, 0.25) is 0 Å². The molecule has 0 aromatic heterocycles. The number of alkyl halides is 1. The predicted molar refractivity (Wildman–Crippen MR) is 58.6 cm³/mol. The highest BCUT2D eigenvalue weighted by Crippen LogP contribution is 2.39. The number of hydrogen-bond donors (Lipinski definition) is 1. The van der Waals surface area contributed by atoms with E-state index < -0.39 is 5.67 Å². The molecule has 0 bridgehead atoms. The van der Waals surface area contributed by atoms with Gasteiger partial charge in [0, 0.05) is 25.7 Å². The van der Waals surface area contributed by atoms with Gasteiger partial charge in [0.2, 0.25) is 0 Å². The Bertz CT molecular complexity index is 176. The van der Waals surface area contributed by atoms with Crippen LogP contribution in [0.1, 0.15) is 32.6 Å². The summed E-state index contributed by atoms with van der Waals surface area (Å²) in [5.74, 6) is 0.408. The quantitative estimate of drug-likeness (QED) is 0.762. The molecule has 15 heavy (non-hydrogen) atoms. The van der Waals surface area contributed by atoms with Crippen LogP contribution < -0.4 is 5.32 Å². The van der Waals surface area contributed by atoms with Gasteiger partial charge in [-0.2, -0.15) is 0 Å². The van der Waals surface area contributed by atoms with E-state index in [2.05, 4.69) is 5.32 Å². The van der Waals surface area contributed by atoms with Gasteiger partial charge in [-0.05, 0) is 45.1 Å². The van der Waals surface area contributed by atoms with Crippen LogP contribution >= 0.6 is 0 Å². The zero-order chi connectivity index (χ0) is 10.7. The zero-order valence-corrected chi connectivity index (χ0v) is 9.60. The van der Waals surface area contributed by atoms with Crippen molar-refractivity contribution in [3.05, 3.63) is 0 Å². The van der Waals surface area contributed by atoms with Crippen molar-refractivity contribution in [1.29, 1.82) is 0 Å². The lowest BCUT2D eigenvalue weighted by Crippen LogP contribution is -2.47. The minimum atomic E-state index is -1.00. The first-order chi connectivity index (χ1) is 7.21. The number of nitrogens with one attached hydrogen (secondary N) is 1. The van der Waals surface area contributed by atoms with Gasteiger partial charge in [-0.1, -0.05) is 0 Å². The van der Waals surface area contributed by atoms with Gasteiger partial charge in [0.25, 0.3) is 0 Å². The molecule has 2 heterocycles. The molecule has 2 atom stereocenters. The molecule has 2 aliphatic rings. The van der Waals surface area contributed by atoms with E-state index >= 15 is 0 Å². The second-order valence-corrected chi connectivity index (χ2v) is 5.08. The summed E-state index contributed by atoms with van der Waals surface area (Å²) in [7, 11) is 0. The maximum absolute atomic E-state index is 14.8. The monoisotopic (exact) mass is 215 g/mol. The van der Waals surface area contributed by atoms with Gasteiger partial charge in [-0.15, -0.1) is 0 Å². The lowest BCUT2D eigenvalue weighted by molar-refractivity contribution is -0.0388. The minimum Gasteiger partial charge on any atom is -0.381 e. The highest BCUT2D eigenvalue weighted by atomic mass is 19.1. The summed E-state index contributed by atoms with van der Waals surface area (Å²) in [5.41, 5.74) is -1.00. The van der Waals surface area contributed by atoms with Crippen LogP contribution in [0.5, 0.6) is 0 Å². The van der Waals surface area contributed by atoms with Crippen molar-refractivity contribution >= 4 is 0 Å². The van der Waals surface area contributed by atoms with Crippen LogP contribution in [0.3, 0.4) is 0 Å². The van der Waals surface area contributed by atoms with E-state index in [9.17, 15) is 4.39 Å². The van der Waals surface area contributed by atoms with Crippen molar-refractivity contribution in [2.45, 2.75) is 38.3 Å². The molecule has 0 saturated carbocycles. The summed E-state index contributed by atoms with van der Waals surface area (Å²) in [5, 5.41) is 3.31. The number of piperidine rings is 1. The summed E-state index contributed by atoms with van der Waals surface area (Å²) in [6.45, 7) is 5.19. The maximum Gasteiger partial charge on any atom is 0.115 e. The zero-order valence-electron chi connectivity index (χ0n) is 9.60. The van der Waals surface area contributed by atoms with Gasteiger partial charge < -0.3 is 10.1 Å². The molecule has 0 aliphatic carbocycles. The van der Waals surface area contributed by atoms with Crippen LogP contribution in [-0.2, 0) is 4.74 Å². The molecular weight excluding hydrogens is 193 g/mol. The molecule has 0 aromatic rings. The lowest BCUT2D eigenvalue weighted by atomic mass is 9.73. The van der Waals surface area contributed by atoms with Crippen molar-refractivity contribution in [2.24, 2.45) is 11.8 Å². The molecule has 0 aromatic carbocycles. The van der Waals surface area contributed by atoms with Gasteiger partial charge >= 0.3 is 0 Å². The topological polar surface area (TPSA) is 21.3 Å². The van der Waals surface area contributed by atoms with Gasteiger partial charge in [0.15, 0.2) is 0 Å². The molecule has 2 rings (SSSR count). The lowest BCUT2D eigenvalue weighted by Gasteiger charge is -2.41. The average Bonchev–Trinajstić information content (AvgIpc) is 2.31. The first-order valence-corrected chi connectivity index (χ1v) is 6.18. The van der Waals surface area contributed by atoms with Crippen molar-refractivity contribution in [3.63, 3.8) is 0 Å². The molecule has 1 N–H and O–H groups in total. The van der Waals surface area contributed by atoms with E-state index in [0.717, 1.165) is 52.0 Å². The number of halogens is 1. The van der Waals surface area contributed by atoms with Crippen LogP contribution in [0.4, 0.5) is 4.39 Å². The Morgan fingerprint density at radius 1 is 1.20 bits per heavy atom. The molecular formula is C12H22FNO. The first-order valence-electron chi connectivity index (χ1n) is 6.18. The van der Waals surface area contributed by atoms with E-state index in [0.29, 0.717) is 0 Å². The standard InChI is InChI=1S/C12H22FNO/c1-12(13,10-4-7-15-8-5-10)11-3-2-6-14-9-11/h10-11,14H,2-9H2,1H3. The molecule has 2 fully saturated rings. The van der Waals surface area contributed by atoms with Gasteiger partial charge in [-0.25, -0.2) is 4.39 Å². The summed E-state index contributed by atoms with van der Waals surface area (Å²) >= 11 is 0. The summed E-state index contributed by atoms with van der Waals surface area (Å²) in [6.07, 6.45) is 3.94. The number of rotatable bonds is 2. The van der Waals surface area contributed by atoms with Gasteiger partial charge in [0.1, 0.15) is 5.67 Å². The Balaban J connectivity index is 1.96. The van der Waals surface area contributed by atoms with Gasteiger partial charge in [-0.3, -0.25) is 0 Å². The van der Waals surface area contributed by atoms with Crippen molar-refractivity contribution in [3.8, 4) is 0 Å². The van der Waals surface area contributed by atoms with E-state index in [1.54, 1.807) is 6.92 Å². The maximum atomic E-state index is 14.8. The van der Waals surface area contributed by atoms with Crippen molar-refractivity contribution in [2.75, 3.05) is 26.3 Å². The van der Waals surface area contributed by atoms with Crippen LogP contribution in [0.25, 0.3) is 0 Å². The second kappa shape index (κ2) is 4.79. The second-order valence-electron chi connectivity index (χ2n) is 5.08. The Labute approximate surface area is 91.6 Å². The predicted octanol–water partition coefficient (Wildman–Crippen LogP) is 2.14. The fourth-order valence-electron chi connectivity index (χ4n) is 2.93. The van der Waals surface area contributed by atoms with E-state index in [1.807, 2.05) is 0 Å².